The van der Waals surface area contributed by atoms with Gasteiger partial charge in [0.15, 0.2) is 5.78 Å². The molecule has 0 atom stereocenters. The van der Waals surface area contributed by atoms with E-state index in [2.05, 4.69) is 0 Å². The van der Waals surface area contributed by atoms with Crippen LogP contribution in [0.1, 0.15) is 27.7 Å². The van der Waals surface area contributed by atoms with Gasteiger partial charge in [0.1, 0.15) is 11.2 Å². The fourth-order valence-corrected chi connectivity index (χ4v) is 0.910. The van der Waals surface area contributed by atoms with E-state index in [-0.39, 0.29) is 5.78 Å². The van der Waals surface area contributed by atoms with Gasteiger partial charge in [0.25, 0.3) is 0 Å². The molecule has 0 aliphatic carbocycles. The Bertz CT molecular complexity index is 153. The third-order valence-electron chi connectivity index (χ3n) is 2.11. The third kappa shape index (κ3) is 2.29. The van der Waals surface area contributed by atoms with Gasteiger partial charge >= 0.3 is 0 Å². The molecule has 0 heterocycles. The first kappa shape index (κ1) is 11.6. The zero-order valence-electron chi connectivity index (χ0n) is 8.72. The number of ether oxygens (including phenoxy) is 2. The SMILES string of the molecule is COC(C)(C)C(=O)C(C)(C)OC. The molecule has 3 heteroatoms. The second-order valence-corrected chi connectivity index (χ2v) is 3.76. The molecule has 0 rings (SSSR count). The summed E-state index contributed by atoms with van der Waals surface area (Å²) in [6.45, 7) is 6.93. The molecule has 0 unspecified atom stereocenters. The molecule has 3 nitrogen and oxygen atoms in total. The van der Waals surface area contributed by atoms with E-state index < -0.39 is 11.2 Å². The molecule has 0 amide bonds. The van der Waals surface area contributed by atoms with Gasteiger partial charge in [0.2, 0.25) is 0 Å². The van der Waals surface area contributed by atoms with Gasteiger partial charge in [-0.2, -0.15) is 0 Å². The lowest BCUT2D eigenvalue weighted by atomic mass is 9.90. The van der Waals surface area contributed by atoms with Crippen LogP contribution in [0.15, 0.2) is 0 Å². The lowest BCUT2D eigenvalue weighted by Gasteiger charge is -2.30. The van der Waals surface area contributed by atoms with Crippen LogP contribution in [0.5, 0.6) is 0 Å². The maximum absolute atomic E-state index is 11.7. The van der Waals surface area contributed by atoms with Crippen molar-refractivity contribution < 1.29 is 14.3 Å². The van der Waals surface area contributed by atoms with Crippen molar-refractivity contribution in [3.8, 4) is 0 Å². The predicted molar refractivity (Wildman–Crippen MR) is 47.2 cm³/mol. The van der Waals surface area contributed by atoms with Crippen LogP contribution in [0.3, 0.4) is 0 Å². The monoisotopic (exact) mass is 174 g/mol. The predicted octanol–water partition coefficient (Wildman–Crippen LogP) is 1.41. The maximum atomic E-state index is 11.7. The van der Waals surface area contributed by atoms with Crippen molar-refractivity contribution in [1.29, 1.82) is 0 Å². The van der Waals surface area contributed by atoms with Crippen molar-refractivity contribution in [2.75, 3.05) is 14.2 Å². The van der Waals surface area contributed by atoms with Crippen LogP contribution < -0.4 is 0 Å². The normalized spacial score (nSPS) is 13.2. The molecular weight excluding hydrogens is 156 g/mol. The third-order valence-corrected chi connectivity index (χ3v) is 2.11. The highest BCUT2D eigenvalue weighted by molar-refractivity contribution is 5.93. The number of Topliss-reactive ketones (excluding diaryl/α,β-unsaturated/α-hetero) is 1. The second-order valence-electron chi connectivity index (χ2n) is 3.76. The van der Waals surface area contributed by atoms with E-state index in [1.54, 1.807) is 27.7 Å². The molecule has 0 saturated heterocycles. The molecule has 0 saturated carbocycles. The van der Waals surface area contributed by atoms with Crippen molar-refractivity contribution in [3.05, 3.63) is 0 Å². The van der Waals surface area contributed by atoms with Crippen molar-refractivity contribution in [2.24, 2.45) is 0 Å². The van der Waals surface area contributed by atoms with E-state index in [0.717, 1.165) is 0 Å². The molecule has 0 fully saturated rings. The minimum Gasteiger partial charge on any atom is -0.371 e. The van der Waals surface area contributed by atoms with Crippen LogP contribution in [0, 0.1) is 0 Å². The Kier molecular flexibility index (Phi) is 3.42. The van der Waals surface area contributed by atoms with E-state index in [9.17, 15) is 4.79 Å². The van der Waals surface area contributed by atoms with Gasteiger partial charge in [0.05, 0.1) is 0 Å². The van der Waals surface area contributed by atoms with Gasteiger partial charge in [-0.3, -0.25) is 4.79 Å². The van der Waals surface area contributed by atoms with Crippen LogP contribution in [0.25, 0.3) is 0 Å². The standard InChI is InChI=1S/C9H18O3/c1-8(2,11-5)7(10)9(3,4)12-6/h1-6H3. The first-order valence-electron chi connectivity index (χ1n) is 3.93. The zero-order valence-corrected chi connectivity index (χ0v) is 8.72. The van der Waals surface area contributed by atoms with E-state index in [4.69, 9.17) is 9.47 Å². The van der Waals surface area contributed by atoms with Gasteiger partial charge in [-0.25, -0.2) is 0 Å². The van der Waals surface area contributed by atoms with Crippen LogP contribution in [-0.4, -0.2) is 31.2 Å². The Balaban J connectivity index is 4.60. The Morgan fingerprint density at radius 1 is 0.917 bits per heavy atom. The van der Waals surface area contributed by atoms with E-state index in [0.29, 0.717) is 0 Å². The van der Waals surface area contributed by atoms with E-state index >= 15 is 0 Å². The topological polar surface area (TPSA) is 35.5 Å². The first-order chi connectivity index (χ1) is 5.28. The Morgan fingerprint density at radius 3 is 1.33 bits per heavy atom. The summed E-state index contributed by atoms with van der Waals surface area (Å²) in [5, 5.41) is 0. The molecule has 12 heavy (non-hydrogen) atoms. The minimum absolute atomic E-state index is 0.0556. The molecule has 0 aliphatic rings. The van der Waals surface area contributed by atoms with Crippen molar-refractivity contribution in [3.63, 3.8) is 0 Å². The molecule has 0 bridgehead atoms. The number of carbonyl (C=O) groups excluding carboxylic acids is 1. The number of ketones is 1. The van der Waals surface area contributed by atoms with Crippen LogP contribution >= 0.6 is 0 Å². The summed E-state index contributed by atoms with van der Waals surface area (Å²) in [4.78, 5) is 11.7. The quantitative estimate of drug-likeness (QED) is 0.646. The van der Waals surface area contributed by atoms with Gasteiger partial charge in [-0.15, -0.1) is 0 Å². The van der Waals surface area contributed by atoms with E-state index in [1.807, 2.05) is 0 Å². The lowest BCUT2D eigenvalue weighted by Crippen LogP contribution is -2.48. The summed E-state index contributed by atoms with van der Waals surface area (Å²) >= 11 is 0. The van der Waals surface area contributed by atoms with Crippen LogP contribution in [-0.2, 0) is 14.3 Å². The number of hydrogen-bond acceptors (Lipinski definition) is 3. The molecule has 0 N–H and O–H groups in total. The average molecular weight is 174 g/mol. The van der Waals surface area contributed by atoms with Crippen molar-refractivity contribution in [1.82, 2.24) is 0 Å². The minimum atomic E-state index is -0.778. The largest absolute Gasteiger partial charge is 0.371 e. The van der Waals surface area contributed by atoms with Gasteiger partial charge in [0, 0.05) is 14.2 Å². The summed E-state index contributed by atoms with van der Waals surface area (Å²) in [5.74, 6) is -0.0556. The summed E-state index contributed by atoms with van der Waals surface area (Å²) < 4.78 is 10.1. The molecular formula is C9H18O3. The number of carbonyl (C=O) groups is 1. The summed E-state index contributed by atoms with van der Waals surface area (Å²) in [7, 11) is 3.04. The molecule has 0 radical (unpaired) electrons. The van der Waals surface area contributed by atoms with Crippen molar-refractivity contribution in [2.45, 2.75) is 38.9 Å². The average Bonchev–Trinajstić information content (AvgIpc) is 2.03. The molecule has 0 aromatic rings. The maximum Gasteiger partial charge on any atom is 0.195 e. The lowest BCUT2D eigenvalue weighted by molar-refractivity contribution is -0.156. The fourth-order valence-electron chi connectivity index (χ4n) is 0.910. The van der Waals surface area contributed by atoms with Crippen LogP contribution in [0.2, 0.25) is 0 Å². The summed E-state index contributed by atoms with van der Waals surface area (Å²) in [6.07, 6.45) is 0. The molecule has 0 aromatic heterocycles. The van der Waals surface area contributed by atoms with Crippen molar-refractivity contribution >= 4 is 5.78 Å². The van der Waals surface area contributed by atoms with E-state index in [1.165, 1.54) is 14.2 Å². The number of methoxy groups -OCH3 is 2. The Morgan fingerprint density at radius 2 is 1.17 bits per heavy atom. The number of hydrogen-bond donors (Lipinski definition) is 0. The molecule has 72 valence electrons. The highest BCUT2D eigenvalue weighted by Gasteiger charge is 2.39. The zero-order chi connectivity index (χ0) is 9.99. The smallest absolute Gasteiger partial charge is 0.195 e. The number of rotatable bonds is 4. The van der Waals surface area contributed by atoms with Gasteiger partial charge in [-0.1, -0.05) is 0 Å². The van der Waals surface area contributed by atoms with Gasteiger partial charge in [-0.05, 0) is 27.7 Å². The first-order valence-corrected chi connectivity index (χ1v) is 3.93. The summed E-state index contributed by atoms with van der Waals surface area (Å²) in [6, 6.07) is 0. The second kappa shape index (κ2) is 3.54. The summed E-state index contributed by atoms with van der Waals surface area (Å²) in [5.41, 5.74) is -1.56. The highest BCUT2D eigenvalue weighted by Crippen LogP contribution is 2.20. The highest BCUT2D eigenvalue weighted by atomic mass is 16.5. The molecule has 0 aliphatic heterocycles. The molecule has 0 spiro atoms. The Labute approximate surface area is 74.0 Å². The fraction of sp³-hybridized carbons (Fsp3) is 0.889. The Hall–Kier alpha value is -0.410. The molecule has 0 aromatic carbocycles. The van der Waals surface area contributed by atoms with Gasteiger partial charge < -0.3 is 9.47 Å². The van der Waals surface area contributed by atoms with Crippen LogP contribution in [0.4, 0.5) is 0 Å².